The van der Waals surface area contributed by atoms with Crippen molar-refractivity contribution in [2.75, 3.05) is 9.80 Å². The van der Waals surface area contributed by atoms with Crippen LogP contribution in [0.1, 0.15) is 43.0 Å². The molecular formula is C37H35BN2. The number of nitrogens with zero attached hydrogens (tertiary/aromatic N) is 2. The summed E-state index contributed by atoms with van der Waals surface area (Å²) in [7, 11) is 0. The van der Waals surface area contributed by atoms with E-state index in [0.29, 0.717) is 0 Å². The van der Waals surface area contributed by atoms with Crippen LogP contribution in [0.2, 0.25) is 0 Å². The average molecular weight is 519 g/mol. The molecule has 0 bridgehead atoms. The van der Waals surface area contributed by atoms with E-state index in [0.717, 1.165) is 0 Å². The Morgan fingerprint density at radius 2 is 1.00 bits per heavy atom. The van der Waals surface area contributed by atoms with Crippen LogP contribution < -0.4 is 26.2 Å². The van der Waals surface area contributed by atoms with Gasteiger partial charge in [0.1, 0.15) is 0 Å². The van der Waals surface area contributed by atoms with Crippen LogP contribution in [0, 0.1) is 20.8 Å². The number of rotatable bonds is 2. The molecule has 0 unspecified atom stereocenters. The Hall–Kier alpha value is -4.24. The molecule has 0 aromatic heterocycles. The number of hydrogen-bond acceptors (Lipinski definition) is 2. The summed E-state index contributed by atoms with van der Waals surface area (Å²) in [4.78, 5) is 5.01. The molecule has 0 aliphatic carbocycles. The van der Waals surface area contributed by atoms with Gasteiger partial charge in [-0.3, -0.25) is 0 Å². The van der Waals surface area contributed by atoms with Gasteiger partial charge in [-0.2, -0.15) is 0 Å². The van der Waals surface area contributed by atoms with Gasteiger partial charge in [0.2, 0.25) is 0 Å². The van der Waals surface area contributed by atoms with Gasteiger partial charge < -0.3 is 9.80 Å². The van der Waals surface area contributed by atoms with Gasteiger partial charge in [0.15, 0.2) is 0 Å². The van der Waals surface area contributed by atoms with Crippen molar-refractivity contribution in [2.24, 2.45) is 0 Å². The Bertz CT molecular complexity index is 1760. The standard InChI is InChI=1S/C37H35BN2/c1-24-15-17-28(18-16-24)39-32-13-9-7-11-30(32)38-31-12-8-10-14-33(31)40(29-20-25(2)19-26(3)21-29)35-23-27(37(4,5)6)22-34(39)36(35)38/h7-23H,1-6H3. The number of benzene rings is 5. The third-order valence-corrected chi connectivity index (χ3v) is 8.51. The Kier molecular flexibility index (Phi) is 5.51. The summed E-state index contributed by atoms with van der Waals surface area (Å²) in [5, 5.41) is 0. The van der Waals surface area contributed by atoms with Gasteiger partial charge in [0.25, 0.3) is 6.71 Å². The van der Waals surface area contributed by atoms with Gasteiger partial charge in [0.05, 0.1) is 0 Å². The topological polar surface area (TPSA) is 6.48 Å². The van der Waals surface area contributed by atoms with Gasteiger partial charge in [-0.1, -0.05) is 80.9 Å². The molecule has 3 heteroatoms. The summed E-state index contributed by atoms with van der Waals surface area (Å²) in [6, 6.07) is 38.8. The van der Waals surface area contributed by atoms with E-state index in [1.54, 1.807) is 0 Å². The van der Waals surface area contributed by atoms with Crippen LogP contribution in [0.3, 0.4) is 0 Å². The molecular weight excluding hydrogens is 483 g/mol. The lowest BCUT2D eigenvalue weighted by atomic mass is 9.33. The summed E-state index contributed by atoms with van der Waals surface area (Å²) in [5.41, 5.74) is 16.7. The summed E-state index contributed by atoms with van der Waals surface area (Å²) in [6.45, 7) is 13.7. The minimum absolute atomic E-state index is 0.0118. The number of anilines is 6. The lowest BCUT2D eigenvalue weighted by Crippen LogP contribution is -2.61. The molecule has 0 radical (unpaired) electrons. The Morgan fingerprint density at radius 3 is 1.52 bits per heavy atom. The van der Waals surface area contributed by atoms with Crippen molar-refractivity contribution in [3.8, 4) is 0 Å². The normalized spacial score (nSPS) is 13.6. The molecule has 196 valence electrons. The summed E-state index contributed by atoms with van der Waals surface area (Å²) >= 11 is 0. The third kappa shape index (κ3) is 3.79. The van der Waals surface area contributed by atoms with Crippen LogP contribution in [-0.4, -0.2) is 6.71 Å². The maximum absolute atomic E-state index is 2.52. The van der Waals surface area contributed by atoms with Crippen LogP contribution in [0.5, 0.6) is 0 Å². The fourth-order valence-electron chi connectivity index (χ4n) is 6.66. The molecule has 5 aromatic carbocycles. The zero-order chi connectivity index (χ0) is 27.8. The minimum atomic E-state index is -0.0118. The molecule has 7 rings (SSSR count). The molecule has 0 spiro atoms. The van der Waals surface area contributed by atoms with Crippen LogP contribution in [-0.2, 0) is 5.41 Å². The summed E-state index contributed by atoms with van der Waals surface area (Å²) < 4.78 is 0. The van der Waals surface area contributed by atoms with Crippen molar-refractivity contribution >= 4 is 57.2 Å². The zero-order valence-electron chi connectivity index (χ0n) is 24.3. The molecule has 5 aromatic rings. The van der Waals surface area contributed by atoms with Crippen molar-refractivity contribution in [3.63, 3.8) is 0 Å². The Balaban J connectivity index is 1.62. The van der Waals surface area contributed by atoms with Crippen LogP contribution in [0.25, 0.3) is 0 Å². The third-order valence-electron chi connectivity index (χ3n) is 8.51. The fourth-order valence-corrected chi connectivity index (χ4v) is 6.66. The minimum Gasteiger partial charge on any atom is -0.311 e. The van der Waals surface area contributed by atoms with E-state index in [2.05, 4.69) is 154 Å². The zero-order valence-corrected chi connectivity index (χ0v) is 24.3. The predicted octanol–water partition coefficient (Wildman–Crippen LogP) is 7.99. The quantitative estimate of drug-likeness (QED) is 0.214. The molecule has 2 aliphatic heterocycles. The van der Waals surface area contributed by atoms with Gasteiger partial charge in [0, 0.05) is 34.1 Å². The number of aryl methyl sites for hydroxylation is 3. The van der Waals surface area contributed by atoms with Crippen molar-refractivity contribution in [3.05, 3.63) is 125 Å². The molecule has 0 N–H and O–H groups in total. The molecule has 0 saturated carbocycles. The van der Waals surface area contributed by atoms with Crippen LogP contribution >= 0.6 is 0 Å². The number of para-hydroxylation sites is 2. The van der Waals surface area contributed by atoms with E-state index in [1.165, 1.54) is 72.8 Å². The molecule has 0 fully saturated rings. The fraction of sp³-hybridized carbons (Fsp3) is 0.189. The molecule has 40 heavy (non-hydrogen) atoms. The second-order valence-corrected chi connectivity index (χ2v) is 12.6. The molecule has 0 atom stereocenters. The molecule has 2 heterocycles. The smallest absolute Gasteiger partial charge is 0.252 e. The molecule has 2 nitrogen and oxygen atoms in total. The van der Waals surface area contributed by atoms with E-state index in [9.17, 15) is 0 Å². The Morgan fingerprint density at radius 1 is 0.500 bits per heavy atom. The largest absolute Gasteiger partial charge is 0.311 e. The number of fused-ring (bicyclic) bond motifs is 4. The van der Waals surface area contributed by atoms with E-state index in [-0.39, 0.29) is 12.1 Å². The van der Waals surface area contributed by atoms with Crippen LogP contribution in [0.4, 0.5) is 34.1 Å². The summed E-state index contributed by atoms with van der Waals surface area (Å²) in [5.74, 6) is 0. The monoisotopic (exact) mass is 518 g/mol. The second-order valence-electron chi connectivity index (χ2n) is 12.6. The first-order valence-electron chi connectivity index (χ1n) is 14.3. The highest BCUT2D eigenvalue weighted by molar-refractivity contribution is 7.00. The van der Waals surface area contributed by atoms with Gasteiger partial charge in [-0.05, 0) is 108 Å². The summed E-state index contributed by atoms with van der Waals surface area (Å²) in [6.07, 6.45) is 0. The van der Waals surface area contributed by atoms with Gasteiger partial charge in [-0.15, -0.1) is 0 Å². The maximum atomic E-state index is 2.52. The van der Waals surface area contributed by atoms with Gasteiger partial charge >= 0.3 is 0 Å². The molecule has 0 saturated heterocycles. The van der Waals surface area contributed by atoms with E-state index < -0.39 is 0 Å². The highest BCUT2D eigenvalue weighted by Crippen LogP contribution is 2.46. The SMILES string of the molecule is Cc1ccc(N2c3ccccc3B3c4ccccc4N(c4cc(C)cc(C)c4)c4cc(C(C)(C)C)cc2c43)cc1. The first-order chi connectivity index (χ1) is 19.2. The lowest BCUT2D eigenvalue weighted by molar-refractivity contribution is 0.590. The predicted molar refractivity (Wildman–Crippen MR) is 173 cm³/mol. The van der Waals surface area contributed by atoms with E-state index >= 15 is 0 Å². The highest BCUT2D eigenvalue weighted by Gasteiger charge is 2.43. The first kappa shape index (κ1) is 24.8. The van der Waals surface area contributed by atoms with Crippen molar-refractivity contribution in [2.45, 2.75) is 47.0 Å². The average Bonchev–Trinajstić information content (AvgIpc) is 2.92. The second kappa shape index (κ2) is 8.89. The Labute approximate surface area is 239 Å². The maximum Gasteiger partial charge on any atom is 0.252 e. The van der Waals surface area contributed by atoms with Gasteiger partial charge in [-0.25, -0.2) is 0 Å². The molecule has 0 amide bonds. The molecule has 2 aliphatic rings. The van der Waals surface area contributed by atoms with E-state index in [4.69, 9.17) is 0 Å². The van der Waals surface area contributed by atoms with Crippen molar-refractivity contribution < 1.29 is 0 Å². The van der Waals surface area contributed by atoms with Crippen LogP contribution in [0.15, 0.2) is 103 Å². The van der Waals surface area contributed by atoms with Crippen molar-refractivity contribution in [1.29, 1.82) is 0 Å². The lowest BCUT2D eigenvalue weighted by Gasteiger charge is -2.45. The first-order valence-corrected chi connectivity index (χ1v) is 14.3. The highest BCUT2D eigenvalue weighted by atomic mass is 15.2. The van der Waals surface area contributed by atoms with E-state index in [1.807, 2.05) is 0 Å². The number of hydrogen-bond donors (Lipinski definition) is 0. The van der Waals surface area contributed by atoms with Crippen molar-refractivity contribution in [1.82, 2.24) is 0 Å².